The Hall–Kier alpha value is -2.16. The van der Waals surface area contributed by atoms with Crippen molar-refractivity contribution in [2.45, 2.75) is 50.7 Å². The predicted molar refractivity (Wildman–Crippen MR) is 115 cm³/mol. The Morgan fingerprint density at radius 1 is 1.23 bits per heavy atom. The van der Waals surface area contributed by atoms with E-state index in [4.69, 9.17) is 16.3 Å². The lowest BCUT2D eigenvalue weighted by Gasteiger charge is -2.26. The van der Waals surface area contributed by atoms with Gasteiger partial charge in [0, 0.05) is 37.0 Å². The summed E-state index contributed by atoms with van der Waals surface area (Å²) in [6, 6.07) is 7.89. The van der Waals surface area contributed by atoms with Crippen LogP contribution in [0.2, 0.25) is 5.02 Å². The van der Waals surface area contributed by atoms with E-state index < -0.39 is 15.9 Å². The standard InChI is InChI=1S/C21H26ClN3O4S/c1-15(2)29-21-17(7-6-10-23-21)14-24-20(26)16-8-9-18(22)19(13-16)30(27,28)25-11-4-3-5-12-25/h6-10,13,15H,3-5,11-12,14H2,1-2H3,(H,24,26). The zero-order valence-electron chi connectivity index (χ0n) is 17.1. The van der Waals surface area contributed by atoms with Crippen molar-refractivity contribution in [1.29, 1.82) is 0 Å². The summed E-state index contributed by atoms with van der Waals surface area (Å²) in [6.45, 7) is 4.93. The second-order valence-corrected chi connectivity index (χ2v) is 9.74. The average molecular weight is 452 g/mol. The number of benzene rings is 1. The molecule has 0 bridgehead atoms. The number of hydrogen-bond donors (Lipinski definition) is 1. The minimum absolute atomic E-state index is 0.0380. The number of nitrogens with zero attached hydrogens (tertiary/aromatic N) is 2. The van der Waals surface area contributed by atoms with Crippen LogP contribution in [-0.4, -0.2) is 42.8 Å². The van der Waals surface area contributed by atoms with Gasteiger partial charge in [0.15, 0.2) is 0 Å². The molecule has 1 aliphatic heterocycles. The predicted octanol–water partition coefficient (Wildman–Crippen LogP) is 3.63. The van der Waals surface area contributed by atoms with Crippen molar-refractivity contribution in [2.24, 2.45) is 0 Å². The molecule has 9 heteroatoms. The minimum Gasteiger partial charge on any atom is -0.475 e. The van der Waals surface area contributed by atoms with Crippen LogP contribution in [0.3, 0.4) is 0 Å². The van der Waals surface area contributed by atoms with Gasteiger partial charge in [-0.05, 0) is 51.0 Å². The summed E-state index contributed by atoms with van der Waals surface area (Å²) in [5.74, 6) is 0.0541. The van der Waals surface area contributed by atoms with Crippen LogP contribution in [0.5, 0.6) is 5.88 Å². The van der Waals surface area contributed by atoms with Gasteiger partial charge >= 0.3 is 0 Å². The average Bonchev–Trinajstić information content (AvgIpc) is 2.73. The molecule has 1 saturated heterocycles. The van der Waals surface area contributed by atoms with E-state index in [1.807, 2.05) is 19.9 Å². The fraction of sp³-hybridized carbons (Fsp3) is 0.429. The number of piperidine rings is 1. The van der Waals surface area contributed by atoms with Crippen molar-refractivity contribution in [3.05, 3.63) is 52.7 Å². The van der Waals surface area contributed by atoms with Crippen LogP contribution < -0.4 is 10.1 Å². The number of nitrogens with one attached hydrogen (secondary N) is 1. The highest BCUT2D eigenvalue weighted by Crippen LogP contribution is 2.28. The van der Waals surface area contributed by atoms with Gasteiger partial charge in [0.1, 0.15) is 4.90 Å². The molecular formula is C21H26ClN3O4S. The van der Waals surface area contributed by atoms with E-state index in [-0.39, 0.29) is 28.1 Å². The molecule has 3 rings (SSSR count). The SMILES string of the molecule is CC(C)Oc1ncccc1CNC(=O)c1ccc(Cl)c(S(=O)(=O)N2CCCCC2)c1. The molecule has 1 aromatic carbocycles. The number of amides is 1. The smallest absolute Gasteiger partial charge is 0.251 e. The summed E-state index contributed by atoms with van der Waals surface area (Å²) in [4.78, 5) is 16.9. The number of aromatic nitrogens is 1. The molecule has 0 saturated carbocycles. The molecule has 0 unspecified atom stereocenters. The van der Waals surface area contributed by atoms with Crippen LogP contribution in [0.25, 0.3) is 0 Å². The Bertz CT molecular complexity index is 1010. The van der Waals surface area contributed by atoms with Gasteiger partial charge in [-0.25, -0.2) is 13.4 Å². The molecular weight excluding hydrogens is 426 g/mol. The van der Waals surface area contributed by atoms with E-state index in [0.717, 1.165) is 24.8 Å². The second-order valence-electron chi connectivity index (χ2n) is 7.43. The molecule has 1 N–H and O–H groups in total. The molecule has 162 valence electrons. The Morgan fingerprint density at radius 2 is 1.97 bits per heavy atom. The largest absolute Gasteiger partial charge is 0.475 e. The maximum atomic E-state index is 13.0. The number of halogens is 1. The van der Waals surface area contributed by atoms with Crippen LogP contribution in [0.1, 0.15) is 49.0 Å². The van der Waals surface area contributed by atoms with Crippen LogP contribution in [0.15, 0.2) is 41.4 Å². The highest BCUT2D eigenvalue weighted by molar-refractivity contribution is 7.89. The van der Waals surface area contributed by atoms with Crippen molar-refractivity contribution in [1.82, 2.24) is 14.6 Å². The molecule has 1 fully saturated rings. The van der Waals surface area contributed by atoms with E-state index in [0.29, 0.717) is 19.0 Å². The number of pyridine rings is 1. The van der Waals surface area contributed by atoms with Crippen LogP contribution in [0, 0.1) is 0 Å². The molecule has 2 heterocycles. The molecule has 7 nitrogen and oxygen atoms in total. The molecule has 30 heavy (non-hydrogen) atoms. The number of ether oxygens (including phenoxy) is 1. The first kappa shape index (κ1) is 22.5. The monoisotopic (exact) mass is 451 g/mol. The Balaban J connectivity index is 1.77. The summed E-state index contributed by atoms with van der Waals surface area (Å²) < 4.78 is 33.1. The summed E-state index contributed by atoms with van der Waals surface area (Å²) in [7, 11) is -3.74. The lowest BCUT2D eigenvalue weighted by Crippen LogP contribution is -2.36. The first-order chi connectivity index (χ1) is 14.3. The normalized spacial score (nSPS) is 15.2. The van der Waals surface area contributed by atoms with E-state index in [1.165, 1.54) is 22.5 Å². The van der Waals surface area contributed by atoms with Gasteiger partial charge in [-0.3, -0.25) is 4.79 Å². The number of carbonyl (C=O) groups is 1. The summed E-state index contributed by atoms with van der Waals surface area (Å²) in [5.41, 5.74) is 0.958. The second kappa shape index (κ2) is 9.76. The fourth-order valence-electron chi connectivity index (χ4n) is 3.25. The number of rotatable bonds is 7. The van der Waals surface area contributed by atoms with Crippen molar-refractivity contribution in [3.63, 3.8) is 0 Å². The molecule has 0 aliphatic carbocycles. The van der Waals surface area contributed by atoms with Crippen molar-refractivity contribution < 1.29 is 17.9 Å². The van der Waals surface area contributed by atoms with Gasteiger partial charge in [-0.2, -0.15) is 4.31 Å². The molecule has 0 atom stereocenters. The topological polar surface area (TPSA) is 88.6 Å². The molecule has 1 amide bonds. The quantitative estimate of drug-likeness (QED) is 0.694. The van der Waals surface area contributed by atoms with Gasteiger partial charge in [-0.1, -0.05) is 24.1 Å². The summed E-state index contributed by atoms with van der Waals surface area (Å²) in [5, 5.41) is 2.90. The highest BCUT2D eigenvalue weighted by Gasteiger charge is 2.28. The van der Waals surface area contributed by atoms with Gasteiger partial charge in [0.2, 0.25) is 15.9 Å². The maximum absolute atomic E-state index is 13.0. The third kappa shape index (κ3) is 5.30. The Kier molecular flexibility index (Phi) is 7.33. The van der Waals surface area contributed by atoms with Gasteiger partial charge in [-0.15, -0.1) is 0 Å². The first-order valence-electron chi connectivity index (χ1n) is 9.97. The number of hydrogen-bond acceptors (Lipinski definition) is 5. The van der Waals surface area contributed by atoms with Crippen molar-refractivity contribution in [2.75, 3.05) is 13.1 Å². The van der Waals surface area contributed by atoms with Crippen molar-refractivity contribution in [3.8, 4) is 5.88 Å². The molecule has 1 aliphatic rings. The van der Waals surface area contributed by atoms with Gasteiger partial charge in [0.05, 0.1) is 11.1 Å². The first-order valence-corrected chi connectivity index (χ1v) is 11.8. The molecule has 1 aromatic heterocycles. The lowest BCUT2D eigenvalue weighted by atomic mass is 10.2. The van der Waals surface area contributed by atoms with Gasteiger partial charge in [0.25, 0.3) is 5.91 Å². The number of carbonyl (C=O) groups excluding carboxylic acids is 1. The number of sulfonamides is 1. The van der Waals surface area contributed by atoms with Crippen molar-refractivity contribution >= 4 is 27.5 Å². The van der Waals surface area contributed by atoms with Crippen LogP contribution >= 0.6 is 11.6 Å². The summed E-state index contributed by atoms with van der Waals surface area (Å²) in [6.07, 6.45) is 4.23. The molecule has 0 spiro atoms. The third-order valence-electron chi connectivity index (χ3n) is 4.76. The zero-order chi connectivity index (χ0) is 21.7. The lowest BCUT2D eigenvalue weighted by molar-refractivity contribution is 0.0950. The van der Waals surface area contributed by atoms with Crippen LogP contribution in [0.4, 0.5) is 0 Å². The third-order valence-corrected chi connectivity index (χ3v) is 7.14. The maximum Gasteiger partial charge on any atom is 0.251 e. The van der Waals surface area contributed by atoms with E-state index >= 15 is 0 Å². The zero-order valence-corrected chi connectivity index (χ0v) is 18.7. The minimum atomic E-state index is -3.74. The van der Waals surface area contributed by atoms with E-state index in [2.05, 4.69) is 10.3 Å². The molecule has 0 radical (unpaired) electrons. The van der Waals surface area contributed by atoms with Crippen LogP contribution in [-0.2, 0) is 16.6 Å². The van der Waals surface area contributed by atoms with Gasteiger partial charge < -0.3 is 10.1 Å². The summed E-state index contributed by atoms with van der Waals surface area (Å²) >= 11 is 6.18. The van der Waals surface area contributed by atoms with E-state index in [1.54, 1.807) is 12.3 Å². The molecule has 2 aromatic rings. The fourth-order valence-corrected chi connectivity index (χ4v) is 5.27. The highest BCUT2D eigenvalue weighted by atomic mass is 35.5. The van der Waals surface area contributed by atoms with E-state index in [9.17, 15) is 13.2 Å². The Morgan fingerprint density at radius 3 is 2.67 bits per heavy atom. The Labute approximate surface area is 182 Å².